The van der Waals surface area contributed by atoms with Gasteiger partial charge in [0.05, 0.1) is 5.69 Å². The van der Waals surface area contributed by atoms with Crippen molar-refractivity contribution < 1.29 is 9.90 Å². The maximum absolute atomic E-state index is 11.0. The Hall–Kier alpha value is -1.84. The molecule has 4 nitrogen and oxygen atoms in total. The highest BCUT2D eigenvalue weighted by atomic mass is 16.4. The summed E-state index contributed by atoms with van der Waals surface area (Å²) in [5, 5.41) is 8.99. The minimum absolute atomic E-state index is 0.132. The summed E-state index contributed by atoms with van der Waals surface area (Å²) in [7, 11) is 0. The first-order valence-corrected chi connectivity index (χ1v) is 4.87. The number of carbonyl (C=O) groups is 1. The molecule has 1 N–H and O–H groups in total. The molecule has 0 atom stereocenters. The monoisotopic (exact) mass is 204 g/mol. The van der Waals surface area contributed by atoms with Gasteiger partial charge < -0.3 is 10.0 Å². The maximum atomic E-state index is 11.0. The van der Waals surface area contributed by atoms with Crippen LogP contribution in [-0.4, -0.2) is 29.1 Å². The molecule has 0 saturated heterocycles. The average molecular weight is 204 g/mol. The third-order valence-corrected chi connectivity index (χ3v) is 2.39. The van der Waals surface area contributed by atoms with Crippen LogP contribution < -0.4 is 4.90 Å². The van der Waals surface area contributed by atoms with Crippen LogP contribution in [0.5, 0.6) is 0 Å². The fraction of sp³-hybridized carbons (Fsp3) is 0.273. The summed E-state index contributed by atoms with van der Waals surface area (Å²) in [6.07, 6.45) is 6.61. The Bertz CT molecular complexity index is 401. The number of nitrogens with zero attached hydrogens (tertiary/aromatic N) is 2. The number of carboxylic acids is 1. The van der Waals surface area contributed by atoms with Crippen LogP contribution in [0.4, 0.5) is 5.69 Å². The smallest absolute Gasteiger partial charge is 0.356 e. The summed E-state index contributed by atoms with van der Waals surface area (Å²) in [6.45, 7) is 1.61. The Kier molecular flexibility index (Phi) is 2.67. The van der Waals surface area contributed by atoms with E-state index in [9.17, 15) is 4.79 Å². The van der Waals surface area contributed by atoms with Gasteiger partial charge in [-0.25, -0.2) is 9.78 Å². The molecule has 2 heterocycles. The van der Waals surface area contributed by atoms with E-state index in [2.05, 4.69) is 11.1 Å². The highest BCUT2D eigenvalue weighted by molar-refractivity contribution is 5.92. The van der Waals surface area contributed by atoms with E-state index in [0.29, 0.717) is 5.69 Å². The fourth-order valence-corrected chi connectivity index (χ4v) is 1.68. The lowest BCUT2D eigenvalue weighted by atomic mass is 10.2. The average Bonchev–Trinajstić information content (AvgIpc) is 2.30. The van der Waals surface area contributed by atoms with Gasteiger partial charge in [-0.2, -0.15) is 0 Å². The molecule has 2 rings (SSSR count). The highest BCUT2D eigenvalue weighted by Crippen LogP contribution is 2.20. The lowest BCUT2D eigenvalue weighted by molar-refractivity contribution is 0.0691. The van der Waals surface area contributed by atoms with Gasteiger partial charge >= 0.3 is 5.97 Å². The Morgan fingerprint density at radius 2 is 2.33 bits per heavy atom. The lowest BCUT2D eigenvalue weighted by Crippen LogP contribution is -2.28. The van der Waals surface area contributed by atoms with Gasteiger partial charge in [0.1, 0.15) is 0 Å². The van der Waals surface area contributed by atoms with Gasteiger partial charge in [0.15, 0.2) is 5.69 Å². The highest BCUT2D eigenvalue weighted by Gasteiger charge is 2.16. The largest absolute Gasteiger partial charge is 0.476 e. The molecule has 78 valence electrons. The number of aromatic carboxylic acids is 1. The minimum atomic E-state index is -0.972. The predicted molar refractivity (Wildman–Crippen MR) is 57.2 cm³/mol. The van der Waals surface area contributed by atoms with Gasteiger partial charge in [-0.15, -0.1) is 0 Å². The van der Waals surface area contributed by atoms with Gasteiger partial charge in [0.25, 0.3) is 0 Å². The summed E-state index contributed by atoms with van der Waals surface area (Å²) >= 11 is 0. The summed E-state index contributed by atoms with van der Waals surface area (Å²) in [6, 6.07) is 3.57. The molecule has 1 aromatic heterocycles. The van der Waals surface area contributed by atoms with E-state index in [1.54, 1.807) is 12.1 Å². The first kappa shape index (κ1) is 9.71. The molecule has 0 spiro atoms. The van der Waals surface area contributed by atoms with E-state index < -0.39 is 5.97 Å². The molecule has 0 aromatic carbocycles. The second-order valence-corrected chi connectivity index (χ2v) is 3.38. The summed E-state index contributed by atoms with van der Waals surface area (Å²) in [5.41, 5.74) is 0.835. The van der Waals surface area contributed by atoms with Crippen LogP contribution in [-0.2, 0) is 0 Å². The molecule has 1 aliphatic rings. The zero-order valence-electron chi connectivity index (χ0n) is 8.26. The Balaban J connectivity index is 2.34. The van der Waals surface area contributed by atoms with Crippen molar-refractivity contribution in [3.63, 3.8) is 0 Å². The molecular weight excluding hydrogens is 192 g/mol. The Morgan fingerprint density at radius 1 is 1.47 bits per heavy atom. The van der Waals surface area contributed by atoms with Gasteiger partial charge in [-0.1, -0.05) is 12.2 Å². The van der Waals surface area contributed by atoms with Crippen molar-refractivity contribution in [2.45, 2.75) is 6.42 Å². The predicted octanol–water partition coefficient (Wildman–Crippen LogP) is 1.55. The van der Waals surface area contributed by atoms with Crippen molar-refractivity contribution in [3.8, 4) is 0 Å². The maximum Gasteiger partial charge on any atom is 0.356 e. The molecule has 1 aromatic rings. The van der Waals surface area contributed by atoms with Gasteiger partial charge in [0, 0.05) is 19.3 Å². The molecular formula is C11H12N2O2. The van der Waals surface area contributed by atoms with Crippen LogP contribution in [0.3, 0.4) is 0 Å². The van der Waals surface area contributed by atoms with Gasteiger partial charge in [0.2, 0.25) is 0 Å². The van der Waals surface area contributed by atoms with Crippen molar-refractivity contribution >= 4 is 11.7 Å². The molecule has 0 unspecified atom stereocenters. The molecule has 0 saturated carbocycles. The summed E-state index contributed by atoms with van der Waals surface area (Å²) in [4.78, 5) is 16.9. The van der Waals surface area contributed by atoms with Crippen LogP contribution in [0.15, 0.2) is 30.5 Å². The molecule has 1 aliphatic heterocycles. The second kappa shape index (κ2) is 4.13. The van der Waals surface area contributed by atoms with E-state index in [4.69, 9.17) is 5.11 Å². The summed E-state index contributed by atoms with van der Waals surface area (Å²) < 4.78 is 0. The van der Waals surface area contributed by atoms with Crippen LogP contribution >= 0.6 is 0 Å². The van der Waals surface area contributed by atoms with E-state index in [0.717, 1.165) is 19.5 Å². The number of aromatic nitrogens is 1. The lowest BCUT2D eigenvalue weighted by Gasteiger charge is -2.26. The minimum Gasteiger partial charge on any atom is -0.476 e. The van der Waals surface area contributed by atoms with E-state index in [1.807, 2.05) is 11.0 Å². The number of pyridine rings is 1. The zero-order valence-corrected chi connectivity index (χ0v) is 8.26. The van der Waals surface area contributed by atoms with Crippen LogP contribution in [0.2, 0.25) is 0 Å². The van der Waals surface area contributed by atoms with E-state index >= 15 is 0 Å². The summed E-state index contributed by atoms with van der Waals surface area (Å²) in [5.74, 6) is -0.972. The topological polar surface area (TPSA) is 53.4 Å². The molecule has 0 amide bonds. The quantitative estimate of drug-likeness (QED) is 0.742. The van der Waals surface area contributed by atoms with Gasteiger partial charge in [-0.05, 0) is 18.6 Å². The molecule has 4 heteroatoms. The molecule has 0 fully saturated rings. The first-order valence-electron chi connectivity index (χ1n) is 4.87. The molecule has 0 aliphatic carbocycles. The standard InChI is InChI=1S/C11H12N2O2/c14-11(15)10-9(5-4-6-12-10)13-7-2-1-3-8-13/h1-2,4-6H,3,7-8H2,(H,14,15). The third-order valence-electron chi connectivity index (χ3n) is 2.39. The third kappa shape index (κ3) is 1.98. The van der Waals surface area contributed by atoms with Crippen molar-refractivity contribution in [2.24, 2.45) is 0 Å². The van der Waals surface area contributed by atoms with Crippen molar-refractivity contribution in [1.82, 2.24) is 4.98 Å². The fourth-order valence-electron chi connectivity index (χ4n) is 1.68. The van der Waals surface area contributed by atoms with E-state index in [1.165, 1.54) is 6.20 Å². The number of carboxylic acid groups (broad SMARTS) is 1. The number of hydrogen-bond donors (Lipinski definition) is 1. The van der Waals surface area contributed by atoms with Crippen molar-refractivity contribution in [3.05, 3.63) is 36.2 Å². The normalized spacial score (nSPS) is 15.3. The van der Waals surface area contributed by atoms with E-state index in [-0.39, 0.29) is 5.69 Å². The van der Waals surface area contributed by atoms with Crippen LogP contribution in [0.1, 0.15) is 16.9 Å². The van der Waals surface area contributed by atoms with Crippen molar-refractivity contribution in [1.29, 1.82) is 0 Å². The molecule has 0 radical (unpaired) electrons. The zero-order chi connectivity index (χ0) is 10.7. The SMILES string of the molecule is O=C(O)c1ncccc1N1CC=CCC1. The van der Waals surface area contributed by atoms with Gasteiger partial charge in [-0.3, -0.25) is 0 Å². The first-order chi connectivity index (χ1) is 7.29. The number of anilines is 1. The second-order valence-electron chi connectivity index (χ2n) is 3.38. The molecule has 15 heavy (non-hydrogen) atoms. The van der Waals surface area contributed by atoms with Crippen LogP contribution in [0.25, 0.3) is 0 Å². The Morgan fingerprint density at radius 3 is 3.00 bits per heavy atom. The van der Waals surface area contributed by atoms with Crippen LogP contribution in [0, 0.1) is 0 Å². The Labute approximate surface area is 87.9 Å². The number of rotatable bonds is 2. The molecule has 0 bridgehead atoms. The van der Waals surface area contributed by atoms with Crippen molar-refractivity contribution in [2.75, 3.05) is 18.0 Å². The number of hydrogen-bond acceptors (Lipinski definition) is 3.